The first-order valence-corrected chi connectivity index (χ1v) is 14.9. The van der Waals surface area contributed by atoms with Crippen molar-refractivity contribution in [3.8, 4) is 0 Å². The topological polar surface area (TPSA) is 36.9 Å². The van der Waals surface area contributed by atoms with Gasteiger partial charge in [0.2, 0.25) is 0 Å². The van der Waals surface area contributed by atoms with Crippen LogP contribution in [0.3, 0.4) is 0 Å². The third-order valence-corrected chi connectivity index (χ3v) is 14.2. The number of fused-ring (bicyclic) bond motifs is 6. The van der Waals surface area contributed by atoms with Gasteiger partial charge in [-0.3, -0.25) is 0 Å². The van der Waals surface area contributed by atoms with Gasteiger partial charge in [-0.1, -0.05) is 20.8 Å². The predicted octanol–water partition coefficient (Wildman–Crippen LogP) is 6.95. The van der Waals surface area contributed by atoms with Crippen LogP contribution < -0.4 is 0 Å². The van der Waals surface area contributed by atoms with Crippen LogP contribution in [0, 0.1) is 51.8 Å². The molecule has 0 aromatic heterocycles. The van der Waals surface area contributed by atoms with Crippen LogP contribution >= 0.6 is 0 Å². The van der Waals surface area contributed by atoms with Gasteiger partial charge in [-0.25, -0.2) is 0 Å². The van der Waals surface area contributed by atoms with E-state index < -0.39 is 5.97 Å². The first kappa shape index (κ1) is 23.9. The second kappa shape index (κ2) is 6.88. The van der Waals surface area contributed by atoms with E-state index in [2.05, 4.69) is 41.5 Å². The highest BCUT2D eigenvalue weighted by molar-refractivity contribution is 5.26. The van der Waals surface area contributed by atoms with Crippen molar-refractivity contribution < 1.29 is 18.9 Å². The van der Waals surface area contributed by atoms with Crippen LogP contribution in [0.5, 0.6) is 0 Å². The summed E-state index contributed by atoms with van der Waals surface area (Å²) in [6.07, 6.45) is 12.9. The average Bonchev–Trinajstić information content (AvgIpc) is 3.23. The van der Waals surface area contributed by atoms with Crippen molar-refractivity contribution in [3.63, 3.8) is 0 Å². The molecule has 7 fully saturated rings. The van der Waals surface area contributed by atoms with Crippen LogP contribution in [0.1, 0.15) is 106 Å². The maximum absolute atomic E-state index is 6.63. The molecular formula is C31H50O4. The molecule has 2 saturated heterocycles. The Labute approximate surface area is 213 Å². The summed E-state index contributed by atoms with van der Waals surface area (Å²) in [6, 6.07) is 0. The lowest BCUT2D eigenvalue weighted by molar-refractivity contribution is -0.385. The summed E-state index contributed by atoms with van der Waals surface area (Å²) in [5, 5.41) is 0. The van der Waals surface area contributed by atoms with Crippen LogP contribution in [0.15, 0.2) is 0 Å². The van der Waals surface area contributed by atoms with Gasteiger partial charge >= 0.3 is 0 Å². The third kappa shape index (κ3) is 2.74. The number of hydrogen-bond donors (Lipinski definition) is 0. The molecule has 7 rings (SSSR count). The molecule has 0 unspecified atom stereocenters. The monoisotopic (exact) mass is 486 g/mol. The highest BCUT2D eigenvalue weighted by Crippen LogP contribution is 2.82. The molecule has 1 spiro atoms. The summed E-state index contributed by atoms with van der Waals surface area (Å²) in [5.74, 6) is 3.88. The highest BCUT2D eigenvalue weighted by atomic mass is 16.9. The van der Waals surface area contributed by atoms with Gasteiger partial charge in [-0.2, -0.15) is 0 Å². The largest absolute Gasteiger partial charge is 0.381 e. The Morgan fingerprint density at radius 2 is 1.63 bits per heavy atom. The lowest BCUT2D eigenvalue weighted by Gasteiger charge is -2.61. The standard InChI is InChI=1S/C31H50O4/c1-18(24-17-29(6)26(2,3)34-30(7,33-24)35-29)21-9-10-22-20-15-25(32-8)31-16-19(31)11-14-28(31,5)23(20)12-13-27(21,22)4/h18-25H,9-17H2,1-8H3/t18-,19+,20-,21+,22-,23-,24-,25+,27+,28+,29-,30+,31-/m0/s1. The summed E-state index contributed by atoms with van der Waals surface area (Å²) in [5.41, 5.74) is 0.828. The number of ether oxygens (including phenoxy) is 4. The molecular weight excluding hydrogens is 436 g/mol. The number of rotatable bonds is 3. The van der Waals surface area contributed by atoms with E-state index in [0.717, 1.165) is 30.1 Å². The molecule has 5 aliphatic carbocycles. The zero-order chi connectivity index (χ0) is 24.8. The van der Waals surface area contributed by atoms with E-state index in [1.54, 1.807) is 0 Å². The van der Waals surface area contributed by atoms with Gasteiger partial charge < -0.3 is 18.9 Å². The Kier molecular flexibility index (Phi) is 4.70. The SMILES string of the molecule is CO[C@@H]1C[C@H]2[C@@H]3CC[C@H]([C@H](C)[C@@H]4C[C@]5(C)O[C@](C)(O4)OC5(C)C)[C@@]3(C)CC[C@@H]2[C@@]2(C)CC[C@@H]3C[C@]312. The second-order valence-corrected chi connectivity index (χ2v) is 15.5. The van der Waals surface area contributed by atoms with Gasteiger partial charge in [0, 0.05) is 25.9 Å². The molecule has 35 heavy (non-hydrogen) atoms. The highest BCUT2D eigenvalue weighted by Gasteiger charge is 2.77. The first-order valence-electron chi connectivity index (χ1n) is 14.9. The lowest BCUT2D eigenvalue weighted by Crippen LogP contribution is -2.57. The van der Waals surface area contributed by atoms with E-state index in [9.17, 15) is 0 Å². The lowest BCUT2D eigenvalue weighted by atomic mass is 9.45. The molecule has 5 saturated carbocycles. The Morgan fingerprint density at radius 1 is 0.857 bits per heavy atom. The molecule has 4 heteroatoms. The van der Waals surface area contributed by atoms with Crippen molar-refractivity contribution in [3.05, 3.63) is 0 Å². The van der Waals surface area contributed by atoms with E-state index in [-0.39, 0.29) is 17.3 Å². The van der Waals surface area contributed by atoms with E-state index in [1.807, 2.05) is 14.0 Å². The van der Waals surface area contributed by atoms with E-state index in [0.29, 0.717) is 34.2 Å². The van der Waals surface area contributed by atoms with Gasteiger partial charge in [0.25, 0.3) is 5.97 Å². The summed E-state index contributed by atoms with van der Waals surface area (Å²) in [6.45, 7) is 16.4. The van der Waals surface area contributed by atoms with Crippen molar-refractivity contribution in [2.45, 2.75) is 136 Å². The first-order chi connectivity index (χ1) is 16.3. The fourth-order valence-corrected chi connectivity index (χ4v) is 12.2. The number of hydrogen-bond acceptors (Lipinski definition) is 4. The van der Waals surface area contributed by atoms with Crippen molar-refractivity contribution in [2.75, 3.05) is 7.11 Å². The maximum Gasteiger partial charge on any atom is 0.281 e. The minimum absolute atomic E-state index is 0.194. The van der Waals surface area contributed by atoms with Crippen LogP contribution in [-0.4, -0.2) is 36.5 Å². The van der Waals surface area contributed by atoms with Crippen LogP contribution in [-0.2, 0) is 18.9 Å². The Morgan fingerprint density at radius 3 is 2.31 bits per heavy atom. The molecule has 0 N–H and O–H groups in total. The fraction of sp³-hybridized carbons (Fsp3) is 1.00. The Hall–Kier alpha value is -0.160. The normalized spacial score (nSPS) is 62.6. The number of methoxy groups -OCH3 is 1. The van der Waals surface area contributed by atoms with Crippen molar-refractivity contribution >= 4 is 0 Å². The summed E-state index contributed by atoms with van der Waals surface area (Å²) in [7, 11) is 2.01. The zero-order valence-corrected chi connectivity index (χ0v) is 23.6. The van der Waals surface area contributed by atoms with Crippen LogP contribution in [0.25, 0.3) is 0 Å². The van der Waals surface area contributed by atoms with Gasteiger partial charge in [-0.05, 0) is 118 Å². The summed E-state index contributed by atoms with van der Waals surface area (Å²) in [4.78, 5) is 0. The third-order valence-electron chi connectivity index (χ3n) is 14.2. The van der Waals surface area contributed by atoms with Crippen molar-refractivity contribution in [1.29, 1.82) is 0 Å². The Balaban J connectivity index is 1.15. The minimum Gasteiger partial charge on any atom is -0.381 e. The smallest absolute Gasteiger partial charge is 0.281 e. The van der Waals surface area contributed by atoms with E-state index >= 15 is 0 Å². The van der Waals surface area contributed by atoms with Gasteiger partial charge in [0.05, 0.1) is 17.8 Å². The summed E-state index contributed by atoms with van der Waals surface area (Å²) >= 11 is 0. The quantitative estimate of drug-likeness (QED) is 0.432. The minimum atomic E-state index is -0.909. The van der Waals surface area contributed by atoms with Gasteiger partial charge in [0.15, 0.2) is 0 Å². The van der Waals surface area contributed by atoms with Crippen molar-refractivity contribution in [1.82, 2.24) is 0 Å². The molecule has 2 aliphatic heterocycles. The molecule has 2 bridgehead atoms. The fourth-order valence-electron chi connectivity index (χ4n) is 12.2. The van der Waals surface area contributed by atoms with E-state index in [1.165, 1.54) is 51.4 Å². The molecule has 0 amide bonds. The van der Waals surface area contributed by atoms with Crippen LogP contribution in [0.4, 0.5) is 0 Å². The predicted molar refractivity (Wildman–Crippen MR) is 136 cm³/mol. The zero-order valence-electron chi connectivity index (χ0n) is 23.6. The molecule has 13 atom stereocenters. The summed E-state index contributed by atoms with van der Waals surface area (Å²) < 4.78 is 25.7. The second-order valence-electron chi connectivity index (χ2n) is 15.5. The molecule has 198 valence electrons. The Bertz CT molecular complexity index is 914. The van der Waals surface area contributed by atoms with Crippen LogP contribution in [0.2, 0.25) is 0 Å². The maximum atomic E-state index is 6.63. The van der Waals surface area contributed by atoms with Gasteiger partial charge in [0.1, 0.15) is 5.60 Å². The van der Waals surface area contributed by atoms with Gasteiger partial charge in [-0.15, -0.1) is 0 Å². The molecule has 0 aromatic rings. The molecule has 7 aliphatic rings. The molecule has 0 aromatic carbocycles. The molecule has 2 heterocycles. The van der Waals surface area contributed by atoms with E-state index in [4.69, 9.17) is 18.9 Å². The molecule has 0 radical (unpaired) electrons. The molecule has 4 nitrogen and oxygen atoms in total. The van der Waals surface area contributed by atoms with Crippen molar-refractivity contribution in [2.24, 2.45) is 51.8 Å². The average molecular weight is 487 g/mol.